The molecule has 0 saturated heterocycles. The normalized spacial score (nSPS) is 14.1. The van der Waals surface area contributed by atoms with Crippen molar-refractivity contribution in [3.63, 3.8) is 0 Å². The van der Waals surface area contributed by atoms with Crippen LogP contribution in [0.4, 0.5) is 86.3 Å². The highest BCUT2D eigenvalue weighted by Crippen LogP contribution is 2.63. The molecule has 236 valence electrons. The SMILES string of the molecule is FC(F)(F)C(Oc1ccc(Nc2nc(Cl)nc(Cl)n2)cc1)=C(C(F)(C(F)(F)F)C(F)(F)F)C(F)(C(F)(F)F)C(F)(F)F. The molecule has 1 aromatic heterocycles. The predicted octanol–water partition coefficient (Wildman–Crippen LogP) is 8.78. The van der Waals surface area contributed by atoms with E-state index in [1.54, 1.807) is 0 Å². The highest BCUT2D eigenvalue weighted by Gasteiger charge is 2.88. The van der Waals surface area contributed by atoms with E-state index in [-0.39, 0.29) is 17.8 Å². The zero-order chi connectivity index (χ0) is 32.9. The molecule has 0 aliphatic heterocycles. The average Bonchev–Trinajstić information content (AvgIpc) is 2.75. The lowest BCUT2D eigenvalue weighted by molar-refractivity contribution is -0.365. The largest absolute Gasteiger partial charge is 0.452 e. The number of alkyl halides is 17. The Hall–Kier alpha value is -3.04. The fourth-order valence-corrected chi connectivity index (χ4v) is 3.29. The maximum Gasteiger partial charge on any atom is 0.449 e. The van der Waals surface area contributed by atoms with E-state index in [2.05, 4.69) is 25.0 Å². The van der Waals surface area contributed by atoms with Crippen molar-refractivity contribution < 1.29 is 79.4 Å². The summed E-state index contributed by atoms with van der Waals surface area (Å²) in [6.07, 6.45) is -39.7. The molecular weight excluding hydrogens is 682 g/mol. The third-order valence-electron chi connectivity index (χ3n) is 4.65. The lowest BCUT2D eigenvalue weighted by atomic mass is 9.79. The molecule has 5 nitrogen and oxygen atoms in total. The minimum absolute atomic E-state index is 0.109. The first-order chi connectivity index (χ1) is 18.6. The van der Waals surface area contributed by atoms with Gasteiger partial charge in [-0.1, -0.05) is 0 Å². The molecule has 0 unspecified atom stereocenters. The van der Waals surface area contributed by atoms with Crippen LogP contribution in [0, 0.1) is 0 Å². The molecule has 2 aromatic rings. The number of anilines is 2. The number of allylic oxidation sites excluding steroid dienone is 2. The van der Waals surface area contributed by atoms with E-state index in [9.17, 15) is 74.6 Å². The fraction of sp³-hybridized carbons (Fsp3) is 0.389. The molecule has 42 heavy (non-hydrogen) atoms. The summed E-state index contributed by atoms with van der Waals surface area (Å²) in [6.45, 7) is 0. The second-order valence-electron chi connectivity index (χ2n) is 7.46. The molecule has 0 atom stereocenters. The van der Waals surface area contributed by atoms with Crippen LogP contribution in [0.2, 0.25) is 10.6 Å². The molecule has 0 bridgehead atoms. The average molecular weight is 687 g/mol. The summed E-state index contributed by atoms with van der Waals surface area (Å²) >= 11 is 10.9. The maximum absolute atomic E-state index is 14.7. The maximum atomic E-state index is 14.7. The van der Waals surface area contributed by atoms with Crippen LogP contribution in [0.5, 0.6) is 5.75 Å². The summed E-state index contributed by atoms with van der Waals surface area (Å²) in [5.41, 5.74) is -22.5. The van der Waals surface area contributed by atoms with Crippen LogP contribution in [0.1, 0.15) is 0 Å². The molecular formula is C18H5Cl2F17N4O. The number of hydrogen-bond donors (Lipinski definition) is 1. The number of benzene rings is 1. The van der Waals surface area contributed by atoms with Gasteiger partial charge in [-0.05, 0) is 47.5 Å². The highest BCUT2D eigenvalue weighted by atomic mass is 35.5. The molecule has 0 fully saturated rings. The summed E-state index contributed by atoms with van der Waals surface area (Å²) in [4.78, 5) is 10.2. The quantitative estimate of drug-likeness (QED) is 0.243. The van der Waals surface area contributed by atoms with Gasteiger partial charge in [0.25, 0.3) is 0 Å². The lowest BCUT2D eigenvalue weighted by Gasteiger charge is -2.41. The minimum atomic E-state index is -8.27. The summed E-state index contributed by atoms with van der Waals surface area (Å²) in [7, 11) is 0. The number of hydrogen-bond acceptors (Lipinski definition) is 5. The lowest BCUT2D eigenvalue weighted by Crippen LogP contribution is -2.67. The number of rotatable bonds is 6. The summed E-state index contributed by atoms with van der Waals surface area (Å²) in [5.74, 6) is -6.86. The van der Waals surface area contributed by atoms with Crippen LogP contribution in [-0.2, 0) is 0 Å². The van der Waals surface area contributed by atoms with Gasteiger partial charge in [0.1, 0.15) is 5.75 Å². The number of ether oxygens (including phenoxy) is 1. The van der Waals surface area contributed by atoms with E-state index >= 15 is 0 Å². The van der Waals surface area contributed by atoms with Crippen LogP contribution in [0.15, 0.2) is 35.6 Å². The van der Waals surface area contributed by atoms with Gasteiger partial charge in [-0.25, -0.2) is 8.78 Å². The summed E-state index contributed by atoms with van der Waals surface area (Å²) < 4.78 is 233. The Kier molecular flexibility index (Phi) is 9.13. The third kappa shape index (κ3) is 6.62. The van der Waals surface area contributed by atoms with Crippen molar-refractivity contribution in [3.05, 3.63) is 46.2 Å². The molecule has 1 N–H and O–H groups in total. The van der Waals surface area contributed by atoms with Crippen LogP contribution in [-0.4, -0.2) is 57.2 Å². The number of aromatic nitrogens is 3. The van der Waals surface area contributed by atoms with Crippen molar-refractivity contribution in [3.8, 4) is 5.75 Å². The van der Waals surface area contributed by atoms with Crippen molar-refractivity contribution in [2.75, 3.05) is 5.32 Å². The van der Waals surface area contributed by atoms with Crippen molar-refractivity contribution in [2.24, 2.45) is 0 Å². The summed E-state index contributed by atoms with van der Waals surface area (Å²) in [6, 6.07) is 1.22. The Morgan fingerprint density at radius 3 is 1.24 bits per heavy atom. The van der Waals surface area contributed by atoms with E-state index in [1.165, 1.54) is 0 Å². The Bertz CT molecular complexity index is 1230. The highest BCUT2D eigenvalue weighted by molar-refractivity contribution is 6.31. The van der Waals surface area contributed by atoms with Gasteiger partial charge in [-0.3, -0.25) is 0 Å². The molecule has 0 amide bonds. The number of nitrogens with one attached hydrogen (secondary N) is 1. The second-order valence-corrected chi connectivity index (χ2v) is 8.13. The third-order valence-corrected chi connectivity index (χ3v) is 4.99. The Balaban J connectivity index is 2.93. The first-order valence-electron chi connectivity index (χ1n) is 9.66. The molecule has 1 aromatic carbocycles. The van der Waals surface area contributed by atoms with Gasteiger partial charge in [0, 0.05) is 5.69 Å². The standard InChI is InChI=1S/C18H5Cl2F17N4O/c19-9-39-10(20)41-11(40-9)38-5-1-3-6(4-2-5)42-8(14(23,24)25)7(12(21,15(26,27)28)16(29,30)31)13(22,17(32,33)34)18(35,36)37/h1-4H,(H,38,39,40,41). The topological polar surface area (TPSA) is 59.9 Å². The molecule has 0 radical (unpaired) electrons. The second kappa shape index (κ2) is 10.9. The molecule has 0 aliphatic rings. The molecule has 1 heterocycles. The number of nitrogens with zero attached hydrogens (tertiary/aromatic N) is 3. The van der Waals surface area contributed by atoms with Gasteiger partial charge in [0.15, 0.2) is 0 Å². The smallest absolute Gasteiger partial charge is 0.449 e. The fourth-order valence-electron chi connectivity index (χ4n) is 2.92. The van der Waals surface area contributed by atoms with Gasteiger partial charge in [-0.2, -0.15) is 80.8 Å². The van der Waals surface area contributed by atoms with Gasteiger partial charge < -0.3 is 10.1 Å². The molecule has 2 rings (SSSR count). The minimum Gasteiger partial charge on any atom is -0.452 e. The van der Waals surface area contributed by atoms with Crippen molar-refractivity contribution in [2.45, 2.75) is 42.2 Å². The molecule has 0 spiro atoms. The predicted molar refractivity (Wildman–Crippen MR) is 105 cm³/mol. The van der Waals surface area contributed by atoms with E-state index in [0.717, 1.165) is 0 Å². The van der Waals surface area contributed by atoms with Crippen LogP contribution in [0.25, 0.3) is 0 Å². The van der Waals surface area contributed by atoms with Crippen LogP contribution in [0.3, 0.4) is 0 Å². The van der Waals surface area contributed by atoms with E-state index < -0.39 is 75.8 Å². The molecule has 0 saturated carbocycles. The summed E-state index contributed by atoms with van der Waals surface area (Å²) in [5, 5.41) is 1.15. The molecule has 24 heteroatoms. The van der Waals surface area contributed by atoms with Crippen molar-refractivity contribution in [1.82, 2.24) is 15.0 Å². The van der Waals surface area contributed by atoms with Gasteiger partial charge in [-0.15, -0.1) is 0 Å². The Morgan fingerprint density at radius 2 is 0.929 bits per heavy atom. The van der Waals surface area contributed by atoms with Crippen molar-refractivity contribution >= 4 is 34.8 Å². The molecule has 0 aliphatic carbocycles. The Morgan fingerprint density at radius 1 is 0.571 bits per heavy atom. The van der Waals surface area contributed by atoms with Crippen LogP contribution >= 0.6 is 23.2 Å². The van der Waals surface area contributed by atoms with Crippen molar-refractivity contribution in [1.29, 1.82) is 0 Å². The first kappa shape index (κ1) is 35.2. The first-order valence-corrected chi connectivity index (χ1v) is 10.4. The Labute approximate surface area is 229 Å². The van der Waals surface area contributed by atoms with Gasteiger partial charge >= 0.3 is 42.2 Å². The van der Waals surface area contributed by atoms with Gasteiger partial charge in [0.05, 0.1) is 5.57 Å². The van der Waals surface area contributed by atoms with E-state index in [1.807, 2.05) is 0 Å². The zero-order valence-electron chi connectivity index (χ0n) is 18.7. The van der Waals surface area contributed by atoms with E-state index in [0.29, 0.717) is 12.1 Å². The zero-order valence-corrected chi connectivity index (χ0v) is 20.3. The van der Waals surface area contributed by atoms with E-state index in [4.69, 9.17) is 23.2 Å². The monoisotopic (exact) mass is 686 g/mol. The van der Waals surface area contributed by atoms with Crippen LogP contribution < -0.4 is 10.1 Å². The van der Waals surface area contributed by atoms with Gasteiger partial charge in [0.2, 0.25) is 22.3 Å². The number of halogens is 19.